The molecule has 0 saturated heterocycles. The number of nitrogens with one attached hydrogen (secondary N) is 1. The number of benzene rings is 1. The van der Waals surface area contributed by atoms with Crippen molar-refractivity contribution in [3.05, 3.63) is 40.7 Å². The number of oxime groups is 1. The number of hydrogen-bond acceptors (Lipinski definition) is 7. The third kappa shape index (κ3) is 3.77. The minimum atomic E-state index is 0.0280. The predicted octanol–water partition coefficient (Wildman–Crippen LogP) is 6.10. The molecule has 0 aliphatic heterocycles. The quantitative estimate of drug-likeness (QED) is 0.435. The monoisotopic (exact) mass is 492 g/mol. The number of hydrogen-bond donors (Lipinski definition) is 1. The van der Waals surface area contributed by atoms with Gasteiger partial charge in [-0.1, -0.05) is 18.1 Å². The third-order valence-electron chi connectivity index (χ3n) is 8.89. The highest BCUT2D eigenvalue weighted by molar-refractivity contribution is 7.15. The molecule has 3 aliphatic rings. The Labute approximate surface area is 209 Å². The van der Waals surface area contributed by atoms with Crippen LogP contribution in [0.5, 0.6) is 0 Å². The number of nitrogens with zero attached hydrogens (tertiary/aromatic N) is 3. The number of carbonyl (C=O) groups excluding carboxylic acids is 1. The summed E-state index contributed by atoms with van der Waals surface area (Å²) in [6, 6.07) is 4.37. The topological polar surface area (TPSA) is 89.6 Å². The van der Waals surface area contributed by atoms with Crippen molar-refractivity contribution in [1.29, 1.82) is 0 Å². The van der Waals surface area contributed by atoms with Gasteiger partial charge in [0, 0.05) is 22.9 Å². The second-order valence-electron chi connectivity index (χ2n) is 10.7. The number of fused-ring (bicyclic) bond motifs is 7. The number of aromatic nitrogens is 2. The van der Waals surface area contributed by atoms with Crippen LogP contribution in [-0.4, -0.2) is 28.7 Å². The van der Waals surface area contributed by atoms with E-state index in [1.54, 1.807) is 19.7 Å². The molecular weight excluding hydrogens is 460 g/mol. The Morgan fingerprint density at radius 1 is 1.34 bits per heavy atom. The summed E-state index contributed by atoms with van der Waals surface area (Å²) in [5.41, 5.74) is 5.96. The van der Waals surface area contributed by atoms with Crippen LogP contribution >= 0.6 is 11.3 Å². The van der Waals surface area contributed by atoms with Crippen molar-refractivity contribution < 1.29 is 14.0 Å². The van der Waals surface area contributed by atoms with Gasteiger partial charge in [-0.2, -0.15) is 0 Å². The molecule has 7 nitrogen and oxygen atoms in total. The lowest BCUT2D eigenvalue weighted by Gasteiger charge is -2.50. The van der Waals surface area contributed by atoms with Gasteiger partial charge in [0.1, 0.15) is 12.6 Å². The fourth-order valence-corrected chi connectivity index (χ4v) is 8.19. The summed E-state index contributed by atoms with van der Waals surface area (Å²) < 4.78 is 5.58. The van der Waals surface area contributed by atoms with Crippen LogP contribution in [0, 0.1) is 30.1 Å². The third-order valence-corrected chi connectivity index (χ3v) is 9.72. The Balaban J connectivity index is 1.26. The molecule has 3 aromatic rings. The Morgan fingerprint density at radius 2 is 2.23 bits per heavy atom. The summed E-state index contributed by atoms with van der Waals surface area (Å²) in [5.74, 6) is 2.06. The Hall–Kier alpha value is -2.74. The number of rotatable bonds is 5. The van der Waals surface area contributed by atoms with Gasteiger partial charge in [0.25, 0.3) is 0 Å². The maximum Gasteiger partial charge on any atom is 0.226 e. The van der Waals surface area contributed by atoms with Gasteiger partial charge in [0.15, 0.2) is 17.1 Å². The van der Waals surface area contributed by atoms with Gasteiger partial charge >= 0.3 is 0 Å². The number of carbonyl (C=O) groups is 1. The zero-order valence-corrected chi connectivity index (χ0v) is 21.4. The summed E-state index contributed by atoms with van der Waals surface area (Å²) >= 11 is 1.52. The highest BCUT2D eigenvalue weighted by Crippen LogP contribution is 2.62. The Morgan fingerprint density at radius 3 is 3.03 bits per heavy atom. The van der Waals surface area contributed by atoms with E-state index in [2.05, 4.69) is 39.5 Å². The molecule has 8 heteroatoms. The first kappa shape index (κ1) is 22.7. The SMILES string of the molecule is CON=C1CC(CCC(=O)Nc2ncc(C)s2)C2C3CCc4c(ccc5ocnc45)C3CCC12C. The highest BCUT2D eigenvalue weighted by Gasteiger charge is 2.57. The summed E-state index contributed by atoms with van der Waals surface area (Å²) in [5, 5.41) is 8.20. The largest absolute Gasteiger partial charge is 0.443 e. The molecule has 6 rings (SSSR count). The summed E-state index contributed by atoms with van der Waals surface area (Å²) in [4.78, 5) is 28.0. The molecule has 5 atom stereocenters. The molecule has 0 radical (unpaired) electrons. The molecule has 1 aromatic carbocycles. The maximum absolute atomic E-state index is 12.8. The van der Waals surface area contributed by atoms with Crippen LogP contribution in [0.4, 0.5) is 5.13 Å². The van der Waals surface area contributed by atoms with Gasteiger partial charge < -0.3 is 14.6 Å². The zero-order valence-electron chi connectivity index (χ0n) is 20.5. The Bertz CT molecular complexity index is 1300. The van der Waals surface area contributed by atoms with E-state index in [1.807, 2.05) is 6.92 Å². The van der Waals surface area contributed by atoms with Gasteiger partial charge in [0.2, 0.25) is 5.91 Å². The molecule has 2 heterocycles. The van der Waals surface area contributed by atoms with E-state index in [0.717, 1.165) is 54.5 Å². The number of aryl methyl sites for hydroxylation is 2. The van der Waals surface area contributed by atoms with Gasteiger partial charge in [-0.25, -0.2) is 9.97 Å². The van der Waals surface area contributed by atoms with Gasteiger partial charge in [-0.05, 0) is 86.3 Å². The molecule has 0 bridgehead atoms. The molecule has 3 aliphatic carbocycles. The van der Waals surface area contributed by atoms with Gasteiger partial charge in [-0.3, -0.25) is 4.79 Å². The van der Waals surface area contributed by atoms with Crippen LogP contribution in [0.3, 0.4) is 0 Å². The summed E-state index contributed by atoms with van der Waals surface area (Å²) in [6.45, 7) is 4.39. The van der Waals surface area contributed by atoms with Crippen molar-refractivity contribution in [2.45, 2.75) is 64.7 Å². The molecular formula is C27H32N4O3S. The smallest absolute Gasteiger partial charge is 0.226 e. The number of anilines is 1. The molecule has 2 fully saturated rings. The first-order valence-electron chi connectivity index (χ1n) is 12.7. The van der Waals surface area contributed by atoms with E-state index >= 15 is 0 Å². The van der Waals surface area contributed by atoms with Crippen LogP contribution in [0.15, 0.2) is 34.3 Å². The molecule has 1 amide bonds. The van der Waals surface area contributed by atoms with Gasteiger partial charge in [-0.15, -0.1) is 11.3 Å². The lowest BCUT2D eigenvalue weighted by Crippen LogP contribution is -2.44. The fraction of sp³-hybridized carbons (Fsp3) is 0.556. The van der Waals surface area contributed by atoms with Gasteiger partial charge in [0.05, 0.1) is 5.71 Å². The van der Waals surface area contributed by atoms with Crippen LogP contribution in [0.1, 0.15) is 67.4 Å². The average molecular weight is 493 g/mol. The molecule has 1 N–H and O–H groups in total. The van der Waals surface area contributed by atoms with Crippen molar-refractivity contribution >= 4 is 39.2 Å². The zero-order chi connectivity index (χ0) is 24.2. The van der Waals surface area contributed by atoms with E-state index in [0.29, 0.717) is 35.2 Å². The molecule has 184 valence electrons. The minimum absolute atomic E-state index is 0.0280. The van der Waals surface area contributed by atoms with E-state index in [-0.39, 0.29) is 11.3 Å². The van der Waals surface area contributed by atoms with Crippen LogP contribution < -0.4 is 5.32 Å². The highest BCUT2D eigenvalue weighted by atomic mass is 32.1. The summed E-state index contributed by atoms with van der Waals surface area (Å²) in [6.07, 6.45) is 10.1. The average Bonchev–Trinajstić information content (AvgIpc) is 3.55. The second-order valence-corrected chi connectivity index (χ2v) is 11.9. The van der Waals surface area contributed by atoms with Crippen molar-refractivity contribution in [2.75, 3.05) is 12.4 Å². The standard InChI is InChI=1S/C27H32N4O3S/c1-15-13-28-26(35-15)30-23(32)9-4-16-12-22(31-33-3)27(2)11-10-18-17-7-8-21-25(29-14-34-21)20(17)6-5-19(18)24(16)27/h7-8,13-14,16,18-19,24H,4-6,9-12H2,1-3H3,(H,28,30,32). The van der Waals surface area contributed by atoms with Crippen molar-refractivity contribution in [3.63, 3.8) is 0 Å². The van der Waals surface area contributed by atoms with E-state index < -0.39 is 0 Å². The van der Waals surface area contributed by atoms with Crippen molar-refractivity contribution in [2.24, 2.45) is 28.3 Å². The Kier molecular flexibility index (Phi) is 5.66. The molecule has 5 unspecified atom stereocenters. The fourth-order valence-electron chi connectivity index (χ4n) is 7.51. The first-order valence-corrected chi connectivity index (χ1v) is 13.5. The van der Waals surface area contributed by atoms with E-state index in [4.69, 9.17) is 9.25 Å². The normalized spacial score (nSPS) is 30.7. The van der Waals surface area contributed by atoms with Crippen LogP contribution in [-0.2, 0) is 16.1 Å². The predicted molar refractivity (Wildman–Crippen MR) is 137 cm³/mol. The molecule has 0 spiro atoms. The number of oxazole rings is 1. The second kappa shape index (κ2) is 8.73. The number of amides is 1. The van der Waals surface area contributed by atoms with Crippen LogP contribution in [0.25, 0.3) is 11.1 Å². The number of thiazole rings is 1. The van der Waals surface area contributed by atoms with E-state index in [1.165, 1.54) is 28.2 Å². The van der Waals surface area contributed by atoms with Crippen LogP contribution in [0.2, 0.25) is 0 Å². The summed E-state index contributed by atoms with van der Waals surface area (Å²) in [7, 11) is 1.65. The van der Waals surface area contributed by atoms with Crippen molar-refractivity contribution in [1.82, 2.24) is 9.97 Å². The molecule has 35 heavy (non-hydrogen) atoms. The minimum Gasteiger partial charge on any atom is -0.443 e. The van der Waals surface area contributed by atoms with E-state index in [9.17, 15) is 4.79 Å². The lowest BCUT2D eigenvalue weighted by molar-refractivity contribution is -0.116. The molecule has 2 saturated carbocycles. The first-order chi connectivity index (χ1) is 17.0. The molecule has 2 aromatic heterocycles. The van der Waals surface area contributed by atoms with Crippen molar-refractivity contribution in [3.8, 4) is 0 Å². The maximum atomic E-state index is 12.8. The lowest BCUT2D eigenvalue weighted by atomic mass is 9.54.